The van der Waals surface area contributed by atoms with E-state index in [4.69, 9.17) is 4.74 Å². The Balaban J connectivity index is 1.53. The number of nitrogens with zero attached hydrogens (tertiary/aromatic N) is 1. The second kappa shape index (κ2) is 7.14. The molecule has 4 heteroatoms. The van der Waals surface area contributed by atoms with E-state index in [1.807, 2.05) is 24.3 Å². The minimum absolute atomic E-state index is 0.0544. The number of carbonyl (C=O) groups excluding carboxylic acids is 1. The van der Waals surface area contributed by atoms with Gasteiger partial charge in [-0.1, -0.05) is 31.4 Å². The summed E-state index contributed by atoms with van der Waals surface area (Å²) in [5.41, 5.74) is 0.752. The molecule has 0 radical (unpaired) electrons. The molecule has 1 heterocycles. The lowest BCUT2D eigenvalue weighted by Gasteiger charge is -2.41. The van der Waals surface area contributed by atoms with Crippen molar-refractivity contribution in [2.45, 2.75) is 32.1 Å². The van der Waals surface area contributed by atoms with Gasteiger partial charge >= 0.3 is 0 Å². The summed E-state index contributed by atoms with van der Waals surface area (Å²) in [5.74, 6) is 2.48. The van der Waals surface area contributed by atoms with Crippen molar-refractivity contribution in [2.24, 2.45) is 11.8 Å². The van der Waals surface area contributed by atoms with Gasteiger partial charge in [0, 0.05) is 6.54 Å². The fourth-order valence-electron chi connectivity index (χ4n) is 3.96. The molecule has 2 atom stereocenters. The summed E-state index contributed by atoms with van der Waals surface area (Å²) in [6.07, 6.45) is 6.76. The average molecular weight is 302 g/mol. The second-order valence-corrected chi connectivity index (χ2v) is 6.58. The highest BCUT2D eigenvalue weighted by Gasteiger charge is 2.31. The standard InChI is InChI=1S/C18H26N2O2/c1-22-17-9-5-4-8-16(17)19-18(21)13-20-11-10-14-6-2-3-7-15(14)12-20/h4-5,8-9,14-15H,2-3,6-7,10-13H2,1H3,(H,19,21)/t14-,15-/m0/s1. The van der Waals surface area contributed by atoms with Gasteiger partial charge < -0.3 is 10.1 Å². The van der Waals surface area contributed by atoms with Crippen LogP contribution in [0.15, 0.2) is 24.3 Å². The van der Waals surface area contributed by atoms with Crippen molar-refractivity contribution >= 4 is 11.6 Å². The van der Waals surface area contributed by atoms with Crippen molar-refractivity contribution < 1.29 is 9.53 Å². The van der Waals surface area contributed by atoms with E-state index in [0.29, 0.717) is 12.3 Å². The van der Waals surface area contributed by atoms with Gasteiger partial charge in [0.1, 0.15) is 5.75 Å². The van der Waals surface area contributed by atoms with Crippen molar-refractivity contribution in [3.05, 3.63) is 24.3 Å². The number of anilines is 1. The number of amides is 1. The van der Waals surface area contributed by atoms with Gasteiger partial charge in [-0.3, -0.25) is 9.69 Å². The van der Waals surface area contributed by atoms with Crippen LogP contribution >= 0.6 is 0 Å². The highest BCUT2D eigenvalue weighted by molar-refractivity contribution is 5.93. The van der Waals surface area contributed by atoms with Gasteiger partial charge in [-0.05, 0) is 43.4 Å². The zero-order valence-corrected chi connectivity index (χ0v) is 13.4. The number of fused-ring (bicyclic) bond motifs is 1. The Labute approximate surface area is 132 Å². The Bertz CT molecular complexity index is 518. The smallest absolute Gasteiger partial charge is 0.238 e. The van der Waals surface area contributed by atoms with Gasteiger partial charge in [-0.2, -0.15) is 0 Å². The SMILES string of the molecule is COc1ccccc1NC(=O)CN1CC[C@@H]2CCCC[C@H]2C1. The molecule has 1 aliphatic heterocycles. The van der Waals surface area contributed by atoms with Crippen LogP contribution in [0.4, 0.5) is 5.69 Å². The Morgan fingerprint density at radius 1 is 1.23 bits per heavy atom. The van der Waals surface area contributed by atoms with Crippen LogP contribution in [0.5, 0.6) is 5.75 Å². The molecule has 3 rings (SSSR count). The van der Waals surface area contributed by atoms with E-state index in [0.717, 1.165) is 30.6 Å². The van der Waals surface area contributed by atoms with Crippen LogP contribution in [0, 0.1) is 11.8 Å². The molecule has 1 amide bonds. The summed E-state index contributed by atoms with van der Waals surface area (Å²) in [6.45, 7) is 2.63. The number of hydrogen-bond acceptors (Lipinski definition) is 3. The first-order chi connectivity index (χ1) is 10.8. The number of methoxy groups -OCH3 is 1. The summed E-state index contributed by atoms with van der Waals surface area (Å²) < 4.78 is 5.28. The zero-order chi connectivity index (χ0) is 15.4. The van der Waals surface area contributed by atoms with Crippen molar-refractivity contribution in [3.8, 4) is 5.75 Å². The molecule has 1 saturated heterocycles. The number of carbonyl (C=O) groups is 1. The molecule has 2 aliphatic rings. The molecule has 1 aromatic rings. The van der Waals surface area contributed by atoms with Gasteiger partial charge in [0.15, 0.2) is 0 Å². The fourth-order valence-corrected chi connectivity index (χ4v) is 3.96. The average Bonchev–Trinajstić information content (AvgIpc) is 2.55. The number of likely N-dealkylation sites (tertiary alicyclic amines) is 1. The van der Waals surface area contributed by atoms with Gasteiger partial charge in [-0.15, -0.1) is 0 Å². The van der Waals surface area contributed by atoms with Gasteiger partial charge in [0.2, 0.25) is 5.91 Å². The van der Waals surface area contributed by atoms with Crippen LogP contribution in [0.3, 0.4) is 0 Å². The highest BCUT2D eigenvalue weighted by Crippen LogP contribution is 2.35. The molecule has 22 heavy (non-hydrogen) atoms. The molecule has 0 aromatic heterocycles. The van der Waals surface area contributed by atoms with Crippen LogP contribution in [0.25, 0.3) is 0 Å². The maximum atomic E-state index is 12.3. The Morgan fingerprint density at radius 2 is 2.00 bits per heavy atom. The van der Waals surface area contributed by atoms with E-state index in [1.165, 1.54) is 32.1 Å². The second-order valence-electron chi connectivity index (χ2n) is 6.58. The molecular formula is C18H26N2O2. The first-order valence-electron chi connectivity index (χ1n) is 8.41. The number of ether oxygens (including phenoxy) is 1. The maximum absolute atomic E-state index is 12.3. The van der Waals surface area contributed by atoms with Crippen LogP contribution in [-0.4, -0.2) is 37.6 Å². The number of para-hydroxylation sites is 2. The first kappa shape index (κ1) is 15.3. The molecule has 2 fully saturated rings. The number of nitrogens with one attached hydrogen (secondary N) is 1. The molecule has 1 aliphatic carbocycles. The summed E-state index contributed by atoms with van der Waals surface area (Å²) >= 11 is 0. The van der Waals surface area contributed by atoms with Crippen LogP contribution in [-0.2, 0) is 4.79 Å². The molecule has 1 aromatic carbocycles. The lowest BCUT2D eigenvalue weighted by molar-refractivity contribution is -0.118. The van der Waals surface area contributed by atoms with Gasteiger partial charge in [0.25, 0.3) is 0 Å². The van der Waals surface area contributed by atoms with Gasteiger partial charge in [-0.25, -0.2) is 0 Å². The molecule has 1 N–H and O–H groups in total. The third-order valence-corrected chi connectivity index (χ3v) is 5.12. The van der Waals surface area contributed by atoms with E-state index >= 15 is 0 Å². The minimum atomic E-state index is 0.0544. The largest absolute Gasteiger partial charge is 0.495 e. The summed E-state index contributed by atoms with van der Waals surface area (Å²) in [5, 5.41) is 2.98. The Morgan fingerprint density at radius 3 is 2.82 bits per heavy atom. The lowest BCUT2D eigenvalue weighted by atomic mass is 9.75. The third kappa shape index (κ3) is 3.61. The van der Waals surface area contributed by atoms with E-state index in [1.54, 1.807) is 7.11 Å². The van der Waals surface area contributed by atoms with Crippen LogP contribution in [0.1, 0.15) is 32.1 Å². The Kier molecular flexibility index (Phi) is 4.98. The van der Waals surface area contributed by atoms with E-state index in [-0.39, 0.29) is 5.91 Å². The zero-order valence-electron chi connectivity index (χ0n) is 13.4. The highest BCUT2D eigenvalue weighted by atomic mass is 16.5. The summed E-state index contributed by atoms with van der Waals surface area (Å²) in [6, 6.07) is 7.56. The van der Waals surface area contributed by atoms with Crippen LogP contribution in [0.2, 0.25) is 0 Å². The number of benzene rings is 1. The van der Waals surface area contributed by atoms with E-state index < -0.39 is 0 Å². The molecule has 0 unspecified atom stereocenters. The van der Waals surface area contributed by atoms with Crippen molar-refractivity contribution in [2.75, 3.05) is 32.1 Å². The van der Waals surface area contributed by atoms with Crippen LogP contribution < -0.4 is 10.1 Å². The Hall–Kier alpha value is -1.55. The summed E-state index contributed by atoms with van der Waals surface area (Å²) in [4.78, 5) is 14.6. The predicted molar refractivity (Wildman–Crippen MR) is 88.1 cm³/mol. The molecule has 0 bridgehead atoms. The van der Waals surface area contributed by atoms with E-state index in [9.17, 15) is 4.79 Å². The number of rotatable bonds is 4. The first-order valence-corrected chi connectivity index (χ1v) is 8.41. The van der Waals surface area contributed by atoms with Gasteiger partial charge in [0.05, 0.1) is 19.3 Å². The number of hydrogen-bond donors (Lipinski definition) is 1. The lowest BCUT2D eigenvalue weighted by Crippen LogP contribution is -2.44. The summed E-state index contributed by atoms with van der Waals surface area (Å²) in [7, 11) is 1.62. The third-order valence-electron chi connectivity index (χ3n) is 5.12. The molecular weight excluding hydrogens is 276 g/mol. The van der Waals surface area contributed by atoms with Crippen molar-refractivity contribution in [3.63, 3.8) is 0 Å². The molecule has 4 nitrogen and oxygen atoms in total. The topological polar surface area (TPSA) is 41.6 Å². The van der Waals surface area contributed by atoms with E-state index in [2.05, 4.69) is 10.2 Å². The molecule has 1 saturated carbocycles. The van der Waals surface area contributed by atoms with Crippen molar-refractivity contribution in [1.82, 2.24) is 4.90 Å². The quantitative estimate of drug-likeness (QED) is 0.929. The molecule has 120 valence electrons. The van der Waals surface area contributed by atoms with Crippen molar-refractivity contribution in [1.29, 1.82) is 0 Å². The fraction of sp³-hybridized carbons (Fsp3) is 0.611. The monoisotopic (exact) mass is 302 g/mol. The number of piperidine rings is 1. The molecule has 0 spiro atoms. The normalized spacial score (nSPS) is 25.3. The maximum Gasteiger partial charge on any atom is 0.238 e. The minimum Gasteiger partial charge on any atom is -0.495 e. The predicted octanol–water partition coefficient (Wildman–Crippen LogP) is 3.15.